The van der Waals surface area contributed by atoms with Crippen LogP contribution in [0.4, 0.5) is 0 Å². The van der Waals surface area contributed by atoms with Crippen LogP contribution in [-0.2, 0) is 20.7 Å². The number of rotatable bonds is 6. The van der Waals surface area contributed by atoms with Gasteiger partial charge in [0.1, 0.15) is 6.61 Å². The molecule has 30 heavy (non-hydrogen) atoms. The highest BCUT2D eigenvalue weighted by Crippen LogP contribution is 2.36. The van der Waals surface area contributed by atoms with Crippen molar-refractivity contribution in [3.63, 3.8) is 0 Å². The number of nitrogens with zero attached hydrogens (tertiary/aromatic N) is 1. The normalized spacial score (nSPS) is 16.9. The zero-order chi connectivity index (χ0) is 20.9. The Labute approximate surface area is 190 Å². The molecule has 1 aliphatic carbocycles. The van der Waals surface area contributed by atoms with E-state index in [1.807, 2.05) is 48.6 Å². The molecule has 0 unspecified atom stereocenters. The van der Waals surface area contributed by atoms with E-state index in [0.717, 1.165) is 59.6 Å². The molecule has 4 rings (SSSR count). The van der Waals surface area contributed by atoms with Gasteiger partial charge in [0.15, 0.2) is 0 Å². The van der Waals surface area contributed by atoms with Crippen LogP contribution in [0, 0.1) is 0 Å². The maximum Gasteiger partial charge on any atom is 0.339 e. The first-order valence-corrected chi connectivity index (χ1v) is 11.2. The van der Waals surface area contributed by atoms with Crippen LogP contribution in [0.15, 0.2) is 58.6 Å². The Morgan fingerprint density at radius 3 is 2.67 bits per heavy atom. The second-order valence-corrected chi connectivity index (χ2v) is 8.71. The second kappa shape index (κ2) is 9.92. The molecule has 0 atom stereocenters. The molecule has 0 bridgehead atoms. The SMILES string of the molecule is O=C(OCCN1CCOCC1)C1=C(/C=C/c2ccc(Cl)cc2)Cc2cc(Br)ccc21. The van der Waals surface area contributed by atoms with Crippen LogP contribution >= 0.6 is 27.5 Å². The van der Waals surface area contributed by atoms with Crippen molar-refractivity contribution in [3.8, 4) is 0 Å². The van der Waals surface area contributed by atoms with Crippen molar-refractivity contribution in [2.45, 2.75) is 6.42 Å². The van der Waals surface area contributed by atoms with E-state index in [1.165, 1.54) is 0 Å². The van der Waals surface area contributed by atoms with Gasteiger partial charge in [-0.25, -0.2) is 4.79 Å². The lowest BCUT2D eigenvalue weighted by atomic mass is 10.1. The highest BCUT2D eigenvalue weighted by Gasteiger charge is 2.27. The molecule has 0 spiro atoms. The van der Waals surface area contributed by atoms with Gasteiger partial charge in [0.2, 0.25) is 0 Å². The molecule has 6 heteroatoms. The number of allylic oxidation sites excluding steroid dienone is 2. The van der Waals surface area contributed by atoms with Crippen LogP contribution in [-0.4, -0.2) is 50.3 Å². The van der Waals surface area contributed by atoms with Crippen LogP contribution in [0.5, 0.6) is 0 Å². The summed E-state index contributed by atoms with van der Waals surface area (Å²) in [5.74, 6) is -0.264. The summed E-state index contributed by atoms with van der Waals surface area (Å²) < 4.78 is 12.0. The molecule has 1 fully saturated rings. The van der Waals surface area contributed by atoms with Crippen molar-refractivity contribution in [1.82, 2.24) is 4.90 Å². The fraction of sp³-hybridized carbons (Fsp3) is 0.292. The fourth-order valence-electron chi connectivity index (χ4n) is 3.74. The van der Waals surface area contributed by atoms with Gasteiger partial charge in [-0.15, -0.1) is 0 Å². The van der Waals surface area contributed by atoms with Gasteiger partial charge in [0.25, 0.3) is 0 Å². The summed E-state index contributed by atoms with van der Waals surface area (Å²) in [5, 5.41) is 0.703. The van der Waals surface area contributed by atoms with Gasteiger partial charge in [0.05, 0.1) is 18.8 Å². The third kappa shape index (κ3) is 5.22. The quantitative estimate of drug-likeness (QED) is 0.536. The van der Waals surface area contributed by atoms with E-state index in [2.05, 4.69) is 26.9 Å². The smallest absolute Gasteiger partial charge is 0.339 e. The summed E-state index contributed by atoms with van der Waals surface area (Å²) in [4.78, 5) is 15.3. The number of morpholine rings is 1. The number of fused-ring (bicyclic) bond motifs is 1. The standard InChI is InChI=1S/C24H23BrClNO3/c25-20-5-8-22-19(16-20)15-18(4-1-17-2-6-21(26)7-3-17)23(22)24(28)30-14-11-27-9-12-29-13-10-27/h1-8,16H,9-15H2/b4-1+. The minimum atomic E-state index is -0.264. The average molecular weight is 489 g/mol. The van der Waals surface area contributed by atoms with E-state index < -0.39 is 0 Å². The highest BCUT2D eigenvalue weighted by atomic mass is 79.9. The van der Waals surface area contributed by atoms with E-state index in [9.17, 15) is 4.79 Å². The van der Waals surface area contributed by atoms with E-state index in [-0.39, 0.29) is 5.97 Å². The molecule has 0 radical (unpaired) electrons. The lowest BCUT2D eigenvalue weighted by Gasteiger charge is -2.26. The Bertz CT molecular complexity index is 978. The Morgan fingerprint density at radius 1 is 1.13 bits per heavy atom. The predicted octanol–water partition coefficient (Wildman–Crippen LogP) is 5.00. The molecule has 4 nitrogen and oxygen atoms in total. The first-order valence-electron chi connectivity index (χ1n) is 10.0. The number of ether oxygens (including phenoxy) is 2. The first-order chi connectivity index (χ1) is 14.6. The monoisotopic (exact) mass is 487 g/mol. The largest absolute Gasteiger partial charge is 0.461 e. The fourth-order valence-corrected chi connectivity index (χ4v) is 4.27. The summed E-state index contributed by atoms with van der Waals surface area (Å²) in [5.41, 5.74) is 4.73. The number of halogens is 2. The van der Waals surface area contributed by atoms with Crippen molar-refractivity contribution < 1.29 is 14.3 Å². The van der Waals surface area contributed by atoms with Crippen LogP contribution in [0.2, 0.25) is 5.02 Å². The maximum atomic E-state index is 13.0. The number of benzene rings is 2. The first kappa shape index (κ1) is 21.3. The van der Waals surface area contributed by atoms with Crippen LogP contribution in [0.3, 0.4) is 0 Å². The zero-order valence-corrected chi connectivity index (χ0v) is 18.9. The number of hydrogen-bond donors (Lipinski definition) is 0. The summed E-state index contributed by atoms with van der Waals surface area (Å²) in [7, 11) is 0. The van der Waals surface area contributed by atoms with Crippen LogP contribution in [0.1, 0.15) is 16.7 Å². The van der Waals surface area contributed by atoms with Crippen molar-refractivity contribution in [2.24, 2.45) is 0 Å². The summed E-state index contributed by atoms with van der Waals surface area (Å²) >= 11 is 9.50. The van der Waals surface area contributed by atoms with Crippen LogP contribution in [0.25, 0.3) is 11.6 Å². The van der Waals surface area contributed by atoms with E-state index in [0.29, 0.717) is 23.6 Å². The molecule has 156 valence electrons. The van der Waals surface area contributed by atoms with Gasteiger partial charge in [-0.1, -0.05) is 57.9 Å². The minimum Gasteiger partial charge on any atom is -0.461 e. The molecular formula is C24H23BrClNO3. The number of esters is 1. The zero-order valence-electron chi connectivity index (χ0n) is 16.6. The molecule has 0 saturated carbocycles. The number of hydrogen-bond acceptors (Lipinski definition) is 4. The Morgan fingerprint density at radius 2 is 1.90 bits per heavy atom. The third-order valence-corrected chi connectivity index (χ3v) is 6.08. The number of carbonyl (C=O) groups excluding carboxylic acids is 1. The minimum absolute atomic E-state index is 0.264. The lowest BCUT2D eigenvalue weighted by Crippen LogP contribution is -2.38. The predicted molar refractivity (Wildman–Crippen MR) is 123 cm³/mol. The van der Waals surface area contributed by atoms with Gasteiger partial charge < -0.3 is 9.47 Å². The second-order valence-electron chi connectivity index (χ2n) is 7.35. The molecule has 1 aliphatic heterocycles. The molecule has 1 saturated heterocycles. The lowest BCUT2D eigenvalue weighted by molar-refractivity contribution is -0.137. The van der Waals surface area contributed by atoms with E-state index in [4.69, 9.17) is 21.1 Å². The maximum absolute atomic E-state index is 13.0. The molecule has 2 aromatic carbocycles. The Balaban J connectivity index is 1.51. The Kier molecular flexibility index (Phi) is 7.05. The Hall–Kier alpha value is -1.92. The van der Waals surface area contributed by atoms with Gasteiger partial charge in [0, 0.05) is 29.1 Å². The molecule has 2 aromatic rings. The van der Waals surface area contributed by atoms with E-state index >= 15 is 0 Å². The van der Waals surface area contributed by atoms with Gasteiger partial charge in [-0.05, 0) is 52.9 Å². The summed E-state index contributed by atoms with van der Waals surface area (Å²) in [6.45, 7) is 4.34. The molecule has 2 aliphatic rings. The van der Waals surface area contributed by atoms with E-state index in [1.54, 1.807) is 0 Å². The summed E-state index contributed by atoms with van der Waals surface area (Å²) in [6.07, 6.45) is 4.72. The van der Waals surface area contributed by atoms with Crippen molar-refractivity contribution in [3.05, 3.63) is 80.3 Å². The molecule has 0 aromatic heterocycles. The third-order valence-electron chi connectivity index (χ3n) is 5.33. The number of carbonyl (C=O) groups is 1. The molecule has 0 N–H and O–H groups in total. The molecular weight excluding hydrogens is 466 g/mol. The average Bonchev–Trinajstić information content (AvgIpc) is 3.11. The highest BCUT2D eigenvalue weighted by molar-refractivity contribution is 9.10. The van der Waals surface area contributed by atoms with Crippen molar-refractivity contribution >= 4 is 45.1 Å². The van der Waals surface area contributed by atoms with Gasteiger partial charge in [-0.3, -0.25) is 4.90 Å². The summed E-state index contributed by atoms with van der Waals surface area (Å²) in [6, 6.07) is 13.6. The molecule has 1 heterocycles. The molecule has 0 amide bonds. The van der Waals surface area contributed by atoms with Crippen molar-refractivity contribution in [1.29, 1.82) is 0 Å². The van der Waals surface area contributed by atoms with Crippen molar-refractivity contribution in [2.75, 3.05) is 39.5 Å². The topological polar surface area (TPSA) is 38.8 Å². The van der Waals surface area contributed by atoms with Crippen LogP contribution < -0.4 is 0 Å². The van der Waals surface area contributed by atoms with Gasteiger partial charge >= 0.3 is 5.97 Å². The van der Waals surface area contributed by atoms with Gasteiger partial charge in [-0.2, -0.15) is 0 Å².